The Kier molecular flexibility index (Phi) is 5.86. The highest BCUT2D eigenvalue weighted by Crippen LogP contribution is 2.21. The SMILES string of the molecule is CCNC(=NCC(C)C)NC1CCc2cn(C(C)C)nc2C1. The fourth-order valence-electron chi connectivity index (χ4n) is 2.69. The molecule has 0 aromatic carbocycles. The van der Waals surface area contributed by atoms with Gasteiger partial charge in [0.25, 0.3) is 0 Å². The Hall–Kier alpha value is -1.52. The number of nitrogens with one attached hydrogen (secondary N) is 2. The summed E-state index contributed by atoms with van der Waals surface area (Å²) >= 11 is 0. The molecule has 0 spiro atoms. The highest BCUT2D eigenvalue weighted by molar-refractivity contribution is 5.80. The van der Waals surface area contributed by atoms with Crippen molar-refractivity contribution >= 4 is 5.96 Å². The molecule has 1 aromatic rings. The minimum atomic E-state index is 0.424. The smallest absolute Gasteiger partial charge is 0.191 e. The summed E-state index contributed by atoms with van der Waals surface area (Å²) < 4.78 is 2.09. The molecule has 0 saturated carbocycles. The first-order valence-corrected chi connectivity index (χ1v) is 8.61. The number of guanidine groups is 1. The second-order valence-corrected chi connectivity index (χ2v) is 6.87. The average molecular weight is 305 g/mol. The third-order valence-electron chi connectivity index (χ3n) is 3.93. The van der Waals surface area contributed by atoms with E-state index >= 15 is 0 Å². The van der Waals surface area contributed by atoms with Gasteiger partial charge in [0.05, 0.1) is 5.69 Å². The molecule has 1 heterocycles. The first kappa shape index (κ1) is 16.8. The van der Waals surface area contributed by atoms with E-state index in [1.54, 1.807) is 0 Å². The van der Waals surface area contributed by atoms with Gasteiger partial charge in [0.1, 0.15) is 0 Å². The molecule has 0 bridgehead atoms. The van der Waals surface area contributed by atoms with Gasteiger partial charge in [-0.05, 0) is 45.1 Å². The third-order valence-corrected chi connectivity index (χ3v) is 3.93. The van der Waals surface area contributed by atoms with Gasteiger partial charge in [-0.15, -0.1) is 0 Å². The first-order chi connectivity index (χ1) is 10.5. The van der Waals surface area contributed by atoms with E-state index in [1.165, 1.54) is 11.3 Å². The predicted octanol–water partition coefficient (Wildman–Crippen LogP) is 2.53. The third kappa shape index (κ3) is 4.49. The van der Waals surface area contributed by atoms with Crippen LogP contribution >= 0.6 is 0 Å². The van der Waals surface area contributed by atoms with E-state index in [2.05, 4.69) is 61.1 Å². The number of hydrogen-bond donors (Lipinski definition) is 2. The summed E-state index contributed by atoms with van der Waals surface area (Å²) in [5.74, 6) is 1.52. The minimum Gasteiger partial charge on any atom is -0.357 e. The van der Waals surface area contributed by atoms with Crippen LogP contribution in [-0.4, -0.2) is 34.9 Å². The summed E-state index contributed by atoms with van der Waals surface area (Å²) in [4.78, 5) is 4.67. The van der Waals surface area contributed by atoms with Gasteiger partial charge in [0.15, 0.2) is 5.96 Å². The minimum absolute atomic E-state index is 0.424. The maximum Gasteiger partial charge on any atom is 0.191 e. The standard InChI is InChI=1S/C17H31N5/c1-6-18-17(19-10-12(2)3)20-15-8-7-14-11-22(13(4)5)21-16(14)9-15/h11-13,15H,6-10H2,1-5H3,(H2,18,19,20). The number of aryl methyl sites for hydroxylation is 1. The lowest BCUT2D eigenvalue weighted by atomic mass is 9.94. The normalized spacial score (nSPS) is 18.7. The van der Waals surface area contributed by atoms with Gasteiger partial charge < -0.3 is 10.6 Å². The van der Waals surface area contributed by atoms with E-state index in [4.69, 9.17) is 5.10 Å². The second-order valence-electron chi connectivity index (χ2n) is 6.87. The Morgan fingerprint density at radius 3 is 2.82 bits per heavy atom. The maximum atomic E-state index is 4.74. The Balaban J connectivity index is 1.99. The second kappa shape index (κ2) is 7.65. The molecule has 0 fully saturated rings. The molecular formula is C17H31N5. The van der Waals surface area contributed by atoms with Crippen LogP contribution in [0, 0.1) is 5.92 Å². The van der Waals surface area contributed by atoms with Crippen molar-refractivity contribution in [2.45, 2.75) is 66.0 Å². The van der Waals surface area contributed by atoms with Gasteiger partial charge in [-0.25, -0.2) is 0 Å². The Bertz CT molecular complexity index is 501. The molecule has 1 aliphatic rings. The number of aromatic nitrogens is 2. The van der Waals surface area contributed by atoms with Gasteiger partial charge in [-0.2, -0.15) is 5.10 Å². The fourth-order valence-corrected chi connectivity index (χ4v) is 2.69. The van der Waals surface area contributed by atoms with Crippen molar-refractivity contribution in [1.29, 1.82) is 0 Å². The van der Waals surface area contributed by atoms with Crippen LogP contribution in [-0.2, 0) is 12.8 Å². The molecule has 1 aromatic heterocycles. The first-order valence-electron chi connectivity index (χ1n) is 8.61. The van der Waals surface area contributed by atoms with Crippen LogP contribution in [0.2, 0.25) is 0 Å². The van der Waals surface area contributed by atoms with Crippen LogP contribution in [0.3, 0.4) is 0 Å². The zero-order valence-electron chi connectivity index (χ0n) is 14.7. The largest absolute Gasteiger partial charge is 0.357 e. The molecule has 5 nitrogen and oxygen atoms in total. The summed E-state index contributed by atoms with van der Waals surface area (Å²) in [6.07, 6.45) is 5.45. The summed E-state index contributed by atoms with van der Waals surface area (Å²) in [7, 11) is 0. The molecule has 2 N–H and O–H groups in total. The lowest BCUT2D eigenvalue weighted by molar-refractivity contribution is 0.498. The molecule has 0 radical (unpaired) electrons. The number of hydrogen-bond acceptors (Lipinski definition) is 2. The topological polar surface area (TPSA) is 54.2 Å². The fraction of sp³-hybridized carbons (Fsp3) is 0.765. The Morgan fingerprint density at radius 1 is 1.41 bits per heavy atom. The van der Waals surface area contributed by atoms with Crippen molar-refractivity contribution in [3.63, 3.8) is 0 Å². The Morgan fingerprint density at radius 2 is 2.18 bits per heavy atom. The average Bonchev–Trinajstić information content (AvgIpc) is 2.88. The predicted molar refractivity (Wildman–Crippen MR) is 92.4 cm³/mol. The zero-order valence-corrected chi connectivity index (χ0v) is 14.7. The van der Waals surface area contributed by atoms with E-state index in [0.29, 0.717) is 18.0 Å². The quantitative estimate of drug-likeness (QED) is 0.649. The summed E-state index contributed by atoms with van der Waals surface area (Å²) in [6.45, 7) is 12.6. The monoisotopic (exact) mass is 305 g/mol. The van der Waals surface area contributed by atoms with Gasteiger partial charge in [0.2, 0.25) is 0 Å². The number of fused-ring (bicyclic) bond motifs is 1. The van der Waals surface area contributed by atoms with Gasteiger partial charge in [-0.1, -0.05) is 13.8 Å². The molecule has 1 aliphatic carbocycles. The number of aliphatic imine (C=N–C) groups is 1. The van der Waals surface area contributed by atoms with Crippen LogP contribution < -0.4 is 10.6 Å². The molecule has 22 heavy (non-hydrogen) atoms. The van der Waals surface area contributed by atoms with E-state index in [9.17, 15) is 0 Å². The Labute approximate surface area is 134 Å². The van der Waals surface area contributed by atoms with Crippen LogP contribution in [0.25, 0.3) is 0 Å². The van der Waals surface area contributed by atoms with Crippen molar-refractivity contribution < 1.29 is 0 Å². The van der Waals surface area contributed by atoms with Crippen molar-refractivity contribution in [2.75, 3.05) is 13.1 Å². The molecule has 1 atom stereocenters. The van der Waals surface area contributed by atoms with E-state index in [-0.39, 0.29) is 0 Å². The molecule has 0 aliphatic heterocycles. The molecule has 0 amide bonds. The highest BCUT2D eigenvalue weighted by atomic mass is 15.3. The van der Waals surface area contributed by atoms with Gasteiger partial charge >= 0.3 is 0 Å². The lowest BCUT2D eigenvalue weighted by Crippen LogP contribution is -2.45. The van der Waals surface area contributed by atoms with Crippen LogP contribution in [0.15, 0.2) is 11.2 Å². The lowest BCUT2D eigenvalue weighted by Gasteiger charge is -2.24. The van der Waals surface area contributed by atoms with Crippen molar-refractivity contribution in [1.82, 2.24) is 20.4 Å². The highest BCUT2D eigenvalue weighted by Gasteiger charge is 2.22. The molecule has 5 heteroatoms. The molecule has 0 saturated heterocycles. The summed E-state index contributed by atoms with van der Waals surface area (Å²) in [6, 6.07) is 0.856. The van der Waals surface area contributed by atoms with Crippen LogP contribution in [0.4, 0.5) is 0 Å². The maximum absolute atomic E-state index is 4.74. The van der Waals surface area contributed by atoms with Crippen molar-refractivity contribution in [3.05, 3.63) is 17.5 Å². The van der Waals surface area contributed by atoms with Crippen LogP contribution in [0.1, 0.15) is 58.3 Å². The molecule has 124 valence electrons. The number of nitrogens with zero attached hydrogens (tertiary/aromatic N) is 3. The summed E-state index contributed by atoms with van der Waals surface area (Å²) in [5, 5.41) is 11.7. The molecule has 1 unspecified atom stereocenters. The summed E-state index contributed by atoms with van der Waals surface area (Å²) in [5.41, 5.74) is 2.66. The molecular weight excluding hydrogens is 274 g/mol. The van der Waals surface area contributed by atoms with E-state index in [1.807, 2.05) is 0 Å². The van der Waals surface area contributed by atoms with E-state index in [0.717, 1.165) is 38.3 Å². The zero-order chi connectivity index (χ0) is 16.1. The van der Waals surface area contributed by atoms with Crippen molar-refractivity contribution in [2.24, 2.45) is 10.9 Å². The van der Waals surface area contributed by atoms with Crippen LogP contribution in [0.5, 0.6) is 0 Å². The number of rotatable bonds is 5. The van der Waals surface area contributed by atoms with E-state index < -0.39 is 0 Å². The van der Waals surface area contributed by atoms with Crippen molar-refractivity contribution in [3.8, 4) is 0 Å². The van der Waals surface area contributed by atoms with Gasteiger partial charge in [0, 0.05) is 37.8 Å². The molecule has 2 rings (SSSR count). The van der Waals surface area contributed by atoms with Gasteiger partial charge in [-0.3, -0.25) is 9.67 Å².